The highest BCUT2D eigenvalue weighted by Crippen LogP contribution is 2.32. The third-order valence-electron chi connectivity index (χ3n) is 2.82. The Kier molecular flexibility index (Phi) is 4.87. The Hall–Kier alpha value is -1.46. The predicted molar refractivity (Wildman–Crippen MR) is 90.8 cm³/mol. The van der Waals surface area contributed by atoms with Gasteiger partial charge in [-0.15, -0.1) is 0 Å². The molecule has 0 saturated heterocycles. The van der Waals surface area contributed by atoms with Gasteiger partial charge < -0.3 is 9.47 Å². The molecule has 1 aromatic heterocycles. The summed E-state index contributed by atoms with van der Waals surface area (Å²) in [6.45, 7) is 5.48. The van der Waals surface area contributed by atoms with Crippen LogP contribution in [0, 0.1) is 0 Å². The van der Waals surface area contributed by atoms with Gasteiger partial charge in [0.2, 0.25) is 0 Å². The molecule has 0 radical (unpaired) electrons. The number of aromatic nitrogens is 1. The number of benzene rings is 1. The topological polar surface area (TPSA) is 40.5 Å². The molecule has 6 heteroatoms. The number of halogens is 2. The second-order valence-corrected chi connectivity index (χ2v) is 7.07. The maximum atomic E-state index is 12.3. The number of hydrogen-bond donors (Lipinski definition) is 0. The van der Waals surface area contributed by atoms with Crippen molar-refractivity contribution >= 4 is 33.6 Å². The molecule has 0 aliphatic heterocycles. The lowest BCUT2D eigenvalue weighted by Gasteiger charge is -2.20. The number of carbonyl (C=O) groups excluding carboxylic acids is 1. The number of carbonyl (C=O) groups is 1. The van der Waals surface area contributed by atoms with Crippen molar-refractivity contribution in [2.75, 3.05) is 7.11 Å². The summed E-state index contributed by atoms with van der Waals surface area (Å²) in [5.74, 6) is 0.583. The Labute approximate surface area is 143 Å². The second kappa shape index (κ2) is 6.34. The summed E-state index contributed by atoms with van der Waals surface area (Å²) < 4.78 is 12.8. The van der Waals surface area contributed by atoms with Gasteiger partial charge in [0, 0.05) is 16.2 Å². The van der Waals surface area contributed by atoms with Crippen molar-refractivity contribution in [1.29, 1.82) is 0 Å². The first kappa shape index (κ1) is 16.9. The van der Waals surface area contributed by atoms with Crippen molar-refractivity contribution in [2.45, 2.75) is 26.4 Å². The van der Waals surface area contributed by atoms with Gasteiger partial charge in [-0.3, -0.25) is 4.57 Å². The van der Waals surface area contributed by atoms with Gasteiger partial charge in [0.05, 0.1) is 17.8 Å². The third-order valence-corrected chi connectivity index (χ3v) is 3.55. The van der Waals surface area contributed by atoms with Crippen LogP contribution in [0.3, 0.4) is 0 Å². The Balaban J connectivity index is 2.44. The van der Waals surface area contributed by atoms with Crippen molar-refractivity contribution in [3.8, 4) is 17.0 Å². The van der Waals surface area contributed by atoms with Crippen molar-refractivity contribution < 1.29 is 14.3 Å². The zero-order chi connectivity index (χ0) is 16.5. The van der Waals surface area contributed by atoms with E-state index in [0.29, 0.717) is 16.5 Å². The van der Waals surface area contributed by atoms with Crippen LogP contribution in [0.4, 0.5) is 4.79 Å². The predicted octanol–water partition coefficient (Wildman–Crippen LogP) is 5.36. The molecule has 0 aliphatic rings. The third kappa shape index (κ3) is 3.84. The lowest BCUT2D eigenvalue weighted by molar-refractivity contribution is 0.0540. The minimum Gasteiger partial charge on any atom is -0.495 e. The normalized spacial score (nSPS) is 11.4. The highest BCUT2D eigenvalue weighted by molar-refractivity contribution is 9.10. The van der Waals surface area contributed by atoms with Crippen LogP contribution in [0.5, 0.6) is 5.75 Å². The van der Waals surface area contributed by atoms with E-state index in [1.165, 1.54) is 4.57 Å². The van der Waals surface area contributed by atoms with Gasteiger partial charge in [-0.1, -0.05) is 11.6 Å². The van der Waals surface area contributed by atoms with Crippen LogP contribution in [-0.4, -0.2) is 23.4 Å². The van der Waals surface area contributed by atoms with Crippen LogP contribution in [-0.2, 0) is 4.74 Å². The Morgan fingerprint density at radius 2 is 1.95 bits per heavy atom. The molecule has 0 amide bonds. The van der Waals surface area contributed by atoms with Gasteiger partial charge in [0.1, 0.15) is 11.4 Å². The molecule has 0 fully saturated rings. The highest BCUT2D eigenvalue weighted by atomic mass is 79.9. The van der Waals surface area contributed by atoms with E-state index in [0.717, 1.165) is 10.0 Å². The van der Waals surface area contributed by atoms with E-state index in [1.807, 2.05) is 32.9 Å². The summed E-state index contributed by atoms with van der Waals surface area (Å²) in [7, 11) is 1.56. The molecule has 118 valence electrons. The molecule has 1 aromatic carbocycles. The fourth-order valence-electron chi connectivity index (χ4n) is 1.94. The number of rotatable bonds is 2. The van der Waals surface area contributed by atoms with E-state index in [1.54, 1.807) is 25.4 Å². The number of ether oxygens (including phenoxy) is 2. The van der Waals surface area contributed by atoms with Crippen LogP contribution in [0.1, 0.15) is 20.8 Å². The minimum atomic E-state index is -0.567. The SMILES string of the molecule is COc1ccc(-c2cc(Br)cn2C(=O)OC(C)(C)C)cc1Cl. The van der Waals surface area contributed by atoms with E-state index < -0.39 is 11.7 Å². The van der Waals surface area contributed by atoms with Crippen LogP contribution in [0.25, 0.3) is 11.3 Å². The maximum absolute atomic E-state index is 12.3. The lowest BCUT2D eigenvalue weighted by atomic mass is 10.1. The zero-order valence-corrected chi connectivity index (χ0v) is 15.2. The Morgan fingerprint density at radius 3 is 2.50 bits per heavy atom. The first-order valence-electron chi connectivity index (χ1n) is 6.66. The smallest absolute Gasteiger partial charge is 0.419 e. The average Bonchev–Trinajstić information content (AvgIpc) is 2.79. The monoisotopic (exact) mass is 385 g/mol. The van der Waals surface area contributed by atoms with Crippen LogP contribution < -0.4 is 4.74 Å². The quantitative estimate of drug-likeness (QED) is 0.697. The van der Waals surface area contributed by atoms with E-state index in [9.17, 15) is 4.79 Å². The van der Waals surface area contributed by atoms with Crippen molar-refractivity contribution in [3.05, 3.63) is 40.0 Å². The second-order valence-electron chi connectivity index (χ2n) is 5.74. The maximum Gasteiger partial charge on any atom is 0.419 e. The molecule has 4 nitrogen and oxygen atoms in total. The standard InChI is InChI=1S/C16H17BrClNO3/c1-16(2,3)22-15(20)19-9-11(17)8-13(19)10-5-6-14(21-4)12(18)7-10/h5-9H,1-4H3. The molecule has 0 N–H and O–H groups in total. The van der Waals surface area contributed by atoms with E-state index in [-0.39, 0.29) is 0 Å². The molecule has 2 rings (SSSR count). The number of hydrogen-bond acceptors (Lipinski definition) is 3. The molecule has 0 spiro atoms. The molecule has 0 saturated carbocycles. The Bertz CT molecular complexity index is 704. The van der Waals surface area contributed by atoms with E-state index >= 15 is 0 Å². The molecule has 1 heterocycles. The first-order valence-corrected chi connectivity index (χ1v) is 7.83. The van der Waals surface area contributed by atoms with Crippen LogP contribution in [0.15, 0.2) is 34.9 Å². The largest absolute Gasteiger partial charge is 0.495 e. The van der Waals surface area contributed by atoms with Gasteiger partial charge in [0.25, 0.3) is 0 Å². The van der Waals surface area contributed by atoms with Gasteiger partial charge in [-0.2, -0.15) is 0 Å². The molecule has 0 bridgehead atoms. The van der Waals surface area contributed by atoms with Crippen molar-refractivity contribution in [1.82, 2.24) is 4.57 Å². The van der Waals surface area contributed by atoms with Gasteiger partial charge >= 0.3 is 6.09 Å². The number of methoxy groups -OCH3 is 1. The molecule has 0 aliphatic carbocycles. The Morgan fingerprint density at radius 1 is 1.27 bits per heavy atom. The fourth-order valence-corrected chi connectivity index (χ4v) is 2.62. The van der Waals surface area contributed by atoms with Gasteiger partial charge in [0.15, 0.2) is 0 Å². The summed E-state index contributed by atoms with van der Waals surface area (Å²) in [6, 6.07) is 7.19. The summed E-state index contributed by atoms with van der Waals surface area (Å²) in [5, 5.41) is 0.480. The molecule has 0 unspecified atom stereocenters. The molecular formula is C16H17BrClNO3. The summed E-state index contributed by atoms with van der Waals surface area (Å²) in [6.07, 6.45) is 1.22. The van der Waals surface area contributed by atoms with Crippen LogP contribution in [0.2, 0.25) is 5.02 Å². The van der Waals surface area contributed by atoms with Crippen molar-refractivity contribution in [3.63, 3.8) is 0 Å². The summed E-state index contributed by atoms with van der Waals surface area (Å²) in [4.78, 5) is 12.3. The fraction of sp³-hybridized carbons (Fsp3) is 0.312. The lowest BCUT2D eigenvalue weighted by Crippen LogP contribution is -2.27. The average molecular weight is 387 g/mol. The summed E-state index contributed by atoms with van der Waals surface area (Å²) >= 11 is 9.55. The van der Waals surface area contributed by atoms with Gasteiger partial charge in [-0.25, -0.2) is 4.79 Å². The molecule has 2 aromatic rings. The number of nitrogens with zero attached hydrogens (tertiary/aromatic N) is 1. The molecule has 0 atom stereocenters. The van der Waals surface area contributed by atoms with Crippen LogP contribution >= 0.6 is 27.5 Å². The first-order chi connectivity index (χ1) is 10.2. The highest BCUT2D eigenvalue weighted by Gasteiger charge is 2.21. The van der Waals surface area contributed by atoms with Gasteiger partial charge in [-0.05, 0) is 61.0 Å². The minimum absolute atomic E-state index is 0.444. The summed E-state index contributed by atoms with van der Waals surface area (Å²) in [5.41, 5.74) is 0.913. The van der Waals surface area contributed by atoms with E-state index in [2.05, 4.69) is 15.9 Å². The zero-order valence-electron chi connectivity index (χ0n) is 12.8. The molecule has 22 heavy (non-hydrogen) atoms. The van der Waals surface area contributed by atoms with Crippen molar-refractivity contribution in [2.24, 2.45) is 0 Å². The van der Waals surface area contributed by atoms with E-state index in [4.69, 9.17) is 21.1 Å². The molecular weight excluding hydrogens is 370 g/mol.